The number of azide groups is 1. The largest absolute Gasteiger partial charge is 0.397 e. The van der Waals surface area contributed by atoms with E-state index in [9.17, 15) is 0 Å². The molecule has 1 aromatic rings. The van der Waals surface area contributed by atoms with E-state index in [-0.39, 0.29) is 12.4 Å². The van der Waals surface area contributed by atoms with Crippen LogP contribution in [0.15, 0.2) is 28.6 Å². The Hall–Kier alpha value is -2.27. The lowest BCUT2D eigenvalue weighted by Crippen LogP contribution is -2.13. The van der Waals surface area contributed by atoms with Crippen molar-refractivity contribution < 1.29 is 4.84 Å². The summed E-state index contributed by atoms with van der Waals surface area (Å²) in [6, 6.07) is 3.44. The number of oxime groups is 1. The van der Waals surface area contributed by atoms with E-state index in [4.69, 9.17) is 11.3 Å². The first-order valence-electron chi connectivity index (χ1n) is 4.10. The Kier molecular flexibility index (Phi) is 3.93. The van der Waals surface area contributed by atoms with Crippen molar-refractivity contribution in [1.29, 1.82) is 0 Å². The molecule has 15 heavy (non-hydrogen) atoms. The number of hydrogen-bond acceptors (Lipinski definition) is 4. The molecule has 2 N–H and O–H groups in total. The number of nitrogens with two attached hydrogens (primary N) is 1. The molecule has 1 heterocycles. The molecular weight excluding hydrogens is 196 g/mol. The van der Waals surface area contributed by atoms with Crippen LogP contribution in [-0.4, -0.2) is 17.9 Å². The zero-order valence-corrected chi connectivity index (χ0v) is 8.16. The zero-order chi connectivity index (χ0) is 11.1. The summed E-state index contributed by atoms with van der Waals surface area (Å²) in [6.07, 6.45) is 1.54. The van der Waals surface area contributed by atoms with Crippen molar-refractivity contribution >= 4 is 5.84 Å². The Morgan fingerprint density at radius 2 is 2.47 bits per heavy atom. The minimum absolute atomic E-state index is 0.220. The number of aromatic nitrogens is 1. The molecule has 0 aromatic carbocycles. The van der Waals surface area contributed by atoms with Crippen molar-refractivity contribution in [2.45, 2.75) is 6.54 Å². The second-order valence-corrected chi connectivity index (χ2v) is 2.59. The smallest absolute Gasteiger partial charge is 0.171 e. The number of rotatable bonds is 4. The van der Waals surface area contributed by atoms with Crippen LogP contribution in [0.3, 0.4) is 0 Å². The van der Waals surface area contributed by atoms with Gasteiger partial charge in [-0.1, -0.05) is 10.3 Å². The monoisotopic (exact) mass is 206 g/mol. The van der Waals surface area contributed by atoms with E-state index in [1.807, 2.05) is 0 Å². The first kappa shape index (κ1) is 10.8. The summed E-state index contributed by atoms with van der Waals surface area (Å²) in [4.78, 5) is 11.2. The van der Waals surface area contributed by atoms with Crippen molar-refractivity contribution in [3.63, 3.8) is 0 Å². The Balaban J connectivity index is 2.80. The predicted octanol–water partition coefficient (Wildman–Crippen LogP) is 1.16. The SMILES string of the molecule is CON=C(N)c1ccc(CN=[N+]=[N-])nc1. The van der Waals surface area contributed by atoms with Crippen LogP contribution in [0.4, 0.5) is 0 Å². The molecule has 78 valence electrons. The lowest BCUT2D eigenvalue weighted by atomic mass is 10.2. The van der Waals surface area contributed by atoms with Gasteiger partial charge in [-0.05, 0) is 17.7 Å². The van der Waals surface area contributed by atoms with Crippen molar-refractivity contribution in [1.82, 2.24) is 4.98 Å². The molecule has 7 heteroatoms. The molecule has 0 fully saturated rings. The van der Waals surface area contributed by atoms with Gasteiger partial charge in [-0.3, -0.25) is 4.98 Å². The van der Waals surface area contributed by atoms with Crippen LogP contribution in [-0.2, 0) is 11.4 Å². The second kappa shape index (κ2) is 5.46. The molecule has 0 unspecified atom stereocenters. The maximum absolute atomic E-state index is 8.12. The maximum atomic E-state index is 8.12. The fourth-order valence-corrected chi connectivity index (χ4v) is 0.925. The van der Waals surface area contributed by atoms with Gasteiger partial charge in [-0.25, -0.2) is 0 Å². The molecule has 0 saturated carbocycles. The third kappa shape index (κ3) is 3.17. The third-order valence-electron chi connectivity index (χ3n) is 1.61. The molecule has 0 atom stereocenters. The Morgan fingerprint density at radius 3 is 3.00 bits per heavy atom. The van der Waals surface area contributed by atoms with Crippen LogP contribution in [0, 0.1) is 0 Å². The molecule has 0 aliphatic rings. The molecule has 1 rings (SSSR count). The standard InChI is InChI=1S/C8H10N6O/c1-15-13-8(9)6-2-3-7(11-4-6)5-12-14-10/h2-4H,5H2,1H3,(H2,9,13). The van der Waals surface area contributed by atoms with Gasteiger partial charge in [-0.2, -0.15) is 0 Å². The van der Waals surface area contributed by atoms with Gasteiger partial charge in [0.1, 0.15) is 7.11 Å². The Bertz CT molecular complexity index is 392. The topological polar surface area (TPSA) is 109 Å². The highest BCUT2D eigenvalue weighted by Gasteiger charge is 1.99. The van der Waals surface area contributed by atoms with E-state index in [2.05, 4.69) is 25.0 Å². The number of pyridine rings is 1. The lowest BCUT2D eigenvalue weighted by molar-refractivity contribution is 0.213. The Labute approximate surface area is 86.2 Å². The van der Waals surface area contributed by atoms with Crippen LogP contribution in [0.1, 0.15) is 11.3 Å². The van der Waals surface area contributed by atoms with Crippen LogP contribution < -0.4 is 5.73 Å². The quantitative estimate of drug-likeness (QED) is 0.199. The van der Waals surface area contributed by atoms with E-state index in [0.29, 0.717) is 11.3 Å². The highest BCUT2D eigenvalue weighted by atomic mass is 16.6. The molecule has 0 aliphatic heterocycles. The molecule has 0 amide bonds. The van der Waals surface area contributed by atoms with Crippen LogP contribution >= 0.6 is 0 Å². The maximum Gasteiger partial charge on any atom is 0.171 e. The van der Waals surface area contributed by atoms with Crippen molar-refractivity contribution in [2.24, 2.45) is 16.0 Å². The van der Waals surface area contributed by atoms with Gasteiger partial charge in [0, 0.05) is 22.4 Å². The molecule has 0 aliphatic carbocycles. The summed E-state index contributed by atoms with van der Waals surface area (Å²) in [5, 5.41) is 6.94. The van der Waals surface area contributed by atoms with Crippen LogP contribution in [0.25, 0.3) is 10.4 Å². The van der Waals surface area contributed by atoms with Gasteiger partial charge >= 0.3 is 0 Å². The zero-order valence-electron chi connectivity index (χ0n) is 8.16. The summed E-state index contributed by atoms with van der Waals surface area (Å²) in [7, 11) is 1.41. The van der Waals surface area contributed by atoms with Gasteiger partial charge in [0.05, 0.1) is 6.54 Å². The van der Waals surface area contributed by atoms with Crippen LogP contribution in [0.2, 0.25) is 0 Å². The molecule has 0 saturated heterocycles. The summed E-state index contributed by atoms with van der Waals surface area (Å²) in [6.45, 7) is 0.220. The van der Waals surface area contributed by atoms with Crippen molar-refractivity contribution in [2.75, 3.05) is 7.11 Å². The van der Waals surface area contributed by atoms with Gasteiger partial charge in [0.15, 0.2) is 5.84 Å². The minimum atomic E-state index is 0.220. The highest BCUT2D eigenvalue weighted by molar-refractivity contribution is 5.96. The van der Waals surface area contributed by atoms with Crippen molar-refractivity contribution in [3.05, 3.63) is 40.0 Å². The summed E-state index contributed by atoms with van der Waals surface area (Å²) in [5.41, 5.74) is 15.0. The van der Waals surface area contributed by atoms with E-state index >= 15 is 0 Å². The average Bonchev–Trinajstić information content (AvgIpc) is 2.27. The summed E-state index contributed by atoms with van der Waals surface area (Å²) in [5.74, 6) is 0.250. The van der Waals surface area contributed by atoms with E-state index < -0.39 is 0 Å². The fraction of sp³-hybridized carbons (Fsp3) is 0.250. The normalized spacial score (nSPS) is 10.6. The van der Waals surface area contributed by atoms with E-state index in [0.717, 1.165) is 0 Å². The van der Waals surface area contributed by atoms with Gasteiger partial charge in [0.2, 0.25) is 0 Å². The summed E-state index contributed by atoms with van der Waals surface area (Å²) >= 11 is 0. The first-order valence-corrected chi connectivity index (χ1v) is 4.10. The fourth-order valence-electron chi connectivity index (χ4n) is 0.925. The molecule has 7 nitrogen and oxygen atoms in total. The molecular formula is C8H10N6O. The molecule has 0 radical (unpaired) electrons. The van der Waals surface area contributed by atoms with Gasteiger partial charge in [0.25, 0.3) is 0 Å². The molecule has 0 bridgehead atoms. The van der Waals surface area contributed by atoms with Gasteiger partial charge < -0.3 is 10.6 Å². The number of amidine groups is 1. The first-order chi connectivity index (χ1) is 7.27. The summed E-state index contributed by atoms with van der Waals surface area (Å²) < 4.78 is 0. The van der Waals surface area contributed by atoms with E-state index in [1.165, 1.54) is 7.11 Å². The van der Waals surface area contributed by atoms with Gasteiger partial charge in [-0.15, -0.1) is 0 Å². The minimum Gasteiger partial charge on any atom is -0.397 e. The Morgan fingerprint density at radius 1 is 1.67 bits per heavy atom. The molecule has 1 aromatic heterocycles. The predicted molar refractivity (Wildman–Crippen MR) is 54.8 cm³/mol. The highest BCUT2D eigenvalue weighted by Crippen LogP contribution is 2.01. The average molecular weight is 206 g/mol. The second-order valence-electron chi connectivity index (χ2n) is 2.59. The van der Waals surface area contributed by atoms with Crippen LogP contribution in [0.5, 0.6) is 0 Å². The third-order valence-corrected chi connectivity index (χ3v) is 1.61. The molecule has 0 spiro atoms. The number of nitrogens with zero attached hydrogens (tertiary/aromatic N) is 5. The van der Waals surface area contributed by atoms with E-state index in [1.54, 1.807) is 18.3 Å². The lowest BCUT2D eigenvalue weighted by Gasteiger charge is -2.00. The van der Waals surface area contributed by atoms with Crippen molar-refractivity contribution in [3.8, 4) is 0 Å². The number of hydrogen-bond donors (Lipinski definition) is 1.